The summed E-state index contributed by atoms with van der Waals surface area (Å²) in [5.74, 6) is 0.464. The van der Waals surface area contributed by atoms with Gasteiger partial charge < -0.3 is 24.0 Å². The predicted octanol–water partition coefficient (Wildman–Crippen LogP) is 8.16. The number of ether oxygens (including phenoxy) is 2. The lowest BCUT2D eigenvalue weighted by Crippen LogP contribution is -2.52. The number of rotatable bonds is 8. The van der Waals surface area contributed by atoms with Crippen molar-refractivity contribution in [2.45, 2.75) is 44.8 Å². The zero-order valence-electron chi connectivity index (χ0n) is 30.2. The number of hydrogen-bond donors (Lipinski definition) is 1. The van der Waals surface area contributed by atoms with Crippen LogP contribution in [-0.2, 0) is 30.7 Å². The number of phenols is 1. The van der Waals surface area contributed by atoms with Gasteiger partial charge in [-0.15, -0.1) is 12.4 Å². The van der Waals surface area contributed by atoms with Crippen LogP contribution in [-0.4, -0.2) is 77.3 Å². The number of anilines is 2. The van der Waals surface area contributed by atoms with Crippen molar-refractivity contribution in [1.29, 1.82) is 0 Å². The Kier molecular flexibility index (Phi) is 11.3. The third-order valence-corrected chi connectivity index (χ3v) is 11.0. The van der Waals surface area contributed by atoms with Crippen molar-refractivity contribution in [3.05, 3.63) is 130 Å². The molecule has 4 aromatic carbocycles. The number of methoxy groups -OCH3 is 1. The summed E-state index contributed by atoms with van der Waals surface area (Å²) in [7, 11) is 1.60. The van der Waals surface area contributed by atoms with Crippen molar-refractivity contribution >= 4 is 47.2 Å². The van der Waals surface area contributed by atoms with E-state index in [-0.39, 0.29) is 36.0 Å². The van der Waals surface area contributed by atoms with Crippen molar-refractivity contribution in [2.75, 3.05) is 44.9 Å². The van der Waals surface area contributed by atoms with Crippen LogP contribution >= 0.6 is 24.0 Å². The number of phenolic OH excluding ortho intramolecular Hbond substituents is 1. The maximum absolute atomic E-state index is 15.0. The molecule has 280 valence electrons. The Labute approximate surface area is 327 Å². The smallest absolute Gasteiger partial charge is 0.264 e. The van der Waals surface area contributed by atoms with Crippen LogP contribution in [0.3, 0.4) is 0 Å². The molecule has 1 N–H and O–H groups in total. The van der Waals surface area contributed by atoms with Gasteiger partial charge in [0.15, 0.2) is 0 Å². The monoisotopic (exact) mass is 766 g/mol. The molecular formula is C43H44Cl2N4O5. The highest BCUT2D eigenvalue weighted by Gasteiger charge is 2.35. The molecule has 2 amide bonds. The number of nitrogens with zero attached hydrogens (tertiary/aromatic N) is 4. The van der Waals surface area contributed by atoms with E-state index in [2.05, 4.69) is 27.7 Å². The van der Waals surface area contributed by atoms with E-state index in [1.807, 2.05) is 53.4 Å². The van der Waals surface area contributed by atoms with Crippen LogP contribution in [0.15, 0.2) is 97.1 Å². The molecule has 4 heterocycles. The molecule has 54 heavy (non-hydrogen) atoms. The van der Waals surface area contributed by atoms with Crippen LogP contribution in [0, 0.1) is 0 Å². The highest BCUT2D eigenvalue weighted by Crippen LogP contribution is 2.39. The molecule has 5 aromatic rings. The van der Waals surface area contributed by atoms with Gasteiger partial charge in [-0.05, 0) is 97.5 Å². The summed E-state index contributed by atoms with van der Waals surface area (Å²) in [6.07, 6.45) is 3.39. The zero-order valence-corrected chi connectivity index (χ0v) is 31.8. The number of halogens is 2. The largest absolute Gasteiger partial charge is 0.508 e. The molecule has 0 aliphatic carbocycles. The average Bonchev–Trinajstić information content (AvgIpc) is 3.58. The normalized spacial score (nSPS) is 16.9. The van der Waals surface area contributed by atoms with Crippen molar-refractivity contribution in [1.82, 2.24) is 14.4 Å². The van der Waals surface area contributed by atoms with Crippen molar-refractivity contribution in [3.8, 4) is 22.8 Å². The van der Waals surface area contributed by atoms with Gasteiger partial charge in [-0.3, -0.25) is 19.4 Å². The Balaban J connectivity index is 0.00000450. The van der Waals surface area contributed by atoms with E-state index in [1.165, 1.54) is 5.56 Å². The minimum atomic E-state index is -0.214. The van der Waals surface area contributed by atoms with Gasteiger partial charge in [0.2, 0.25) is 0 Å². The van der Waals surface area contributed by atoms with E-state index in [0.29, 0.717) is 65.1 Å². The fraction of sp³-hybridized carbons (Fsp3) is 0.302. The van der Waals surface area contributed by atoms with Gasteiger partial charge in [-0.1, -0.05) is 41.9 Å². The molecule has 0 spiro atoms. The van der Waals surface area contributed by atoms with Crippen LogP contribution in [0.5, 0.6) is 11.5 Å². The molecule has 3 aliphatic heterocycles. The molecule has 0 saturated carbocycles. The molecule has 9 nitrogen and oxygen atoms in total. The predicted molar refractivity (Wildman–Crippen MR) is 214 cm³/mol. The minimum absolute atomic E-state index is 0. The summed E-state index contributed by atoms with van der Waals surface area (Å²) >= 11 is 6.73. The molecule has 1 aromatic heterocycles. The van der Waals surface area contributed by atoms with E-state index in [4.69, 9.17) is 21.1 Å². The molecule has 11 heteroatoms. The molecule has 1 saturated heterocycles. The molecule has 0 radical (unpaired) electrons. The Morgan fingerprint density at radius 3 is 2.43 bits per heavy atom. The third-order valence-electron chi connectivity index (χ3n) is 10.8. The number of aromatic nitrogens is 1. The molecule has 1 atom stereocenters. The summed E-state index contributed by atoms with van der Waals surface area (Å²) in [5.41, 5.74) is 7.25. The summed E-state index contributed by atoms with van der Waals surface area (Å²) in [6, 6.07) is 29.8. The van der Waals surface area contributed by atoms with Crippen molar-refractivity contribution in [2.24, 2.45) is 0 Å². The zero-order chi connectivity index (χ0) is 36.5. The lowest BCUT2D eigenvalue weighted by Gasteiger charge is -2.40. The standard InChI is InChI=1S/C43H43ClN4O5.ClH/c1-52-36-10-6-9-33(25-36)48(32-13-15-35(49)16-14-32)43(51)39-26-41(46-18-5-4-11-40(39)46)38-24-31(44)12-17-37(38)42(50)47-27-30-8-3-2-7-29(30)23-34(47)28-45-19-21-53-22-20-45;/h2-3,6-10,12-17,24-26,34,49H,4-5,11,18-23,27-28H2,1H3;1H/t34-;/m0./s1. The molecular weight excluding hydrogens is 723 g/mol. The van der Waals surface area contributed by atoms with Gasteiger partial charge in [0.05, 0.1) is 31.6 Å². The van der Waals surface area contributed by atoms with Crippen LogP contribution in [0.4, 0.5) is 11.4 Å². The number of aromatic hydroxyl groups is 1. The number of carbonyl (C=O) groups excluding carboxylic acids is 2. The maximum Gasteiger partial charge on any atom is 0.264 e. The van der Waals surface area contributed by atoms with Crippen LogP contribution in [0.1, 0.15) is 50.4 Å². The lowest BCUT2D eigenvalue weighted by atomic mass is 9.92. The van der Waals surface area contributed by atoms with Gasteiger partial charge >= 0.3 is 0 Å². The highest BCUT2D eigenvalue weighted by atomic mass is 35.5. The van der Waals surface area contributed by atoms with Crippen LogP contribution < -0.4 is 9.64 Å². The first-order valence-corrected chi connectivity index (χ1v) is 18.7. The molecule has 1 fully saturated rings. The topological polar surface area (TPSA) is 87.5 Å². The Bertz CT molecular complexity index is 2150. The second kappa shape index (κ2) is 16.3. The Morgan fingerprint density at radius 1 is 0.870 bits per heavy atom. The summed E-state index contributed by atoms with van der Waals surface area (Å²) in [5, 5.41) is 10.6. The van der Waals surface area contributed by atoms with E-state index in [0.717, 1.165) is 62.3 Å². The number of morpholine rings is 1. The van der Waals surface area contributed by atoms with Crippen molar-refractivity contribution < 1.29 is 24.2 Å². The fourth-order valence-corrected chi connectivity index (χ4v) is 8.25. The molecule has 8 rings (SSSR count). The fourth-order valence-electron chi connectivity index (χ4n) is 8.08. The quantitative estimate of drug-likeness (QED) is 0.172. The van der Waals surface area contributed by atoms with Crippen molar-refractivity contribution in [3.63, 3.8) is 0 Å². The van der Waals surface area contributed by atoms with Gasteiger partial charge in [-0.2, -0.15) is 0 Å². The van der Waals surface area contributed by atoms with E-state index >= 15 is 0 Å². The number of carbonyl (C=O) groups is 2. The second-order valence-corrected chi connectivity index (χ2v) is 14.5. The lowest BCUT2D eigenvalue weighted by molar-refractivity contribution is 0.0193. The molecule has 3 aliphatic rings. The summed E-state index contributed by atoms with van der Waals surface area (Å²) < 4.78 is 13.4. The summed E-state index contributed by atoms with van der Waals surface area (Å²) in [6.45, 7) is 5.08. The van der Waals surface area contributed by atoms with Gasteiger partial charge in [0.25, 0.3) is 11.8 Å². The number of amides is 2. The molecule has 0 unspecified atom stereocenters. The number of fused-ring (bicyclic) bond motifs is 2. The van der Waals surface area contributed by atoms with Gasteiger partial charge in [-0.25, -0.2) is 0 Å². The van der Waals surface area contributed by atoms with E-state index < -0.39 is 0 Å². The average molecular weight is 768 g/mol. The highest BCUT2D eigenvalue weighted by molar-refractivity contribution is 6.31. The summed E-state index contributed by atoms with van der Waals surface area (Å²) in [4.78, 5) is 36.0. The number of benzene rings is 4. The Morgan fingerprint density at radius 2 is 1.65 bits per heavy atom. The van der Waals surface area contributed by atoms with Gasteiger partial charge in [0, 0.05) is 78.1 Å². The SMILES string of the molecule is COc1cccc(N(C(=O)c2cc(-c3cc(Cl)ccc3C(=O)N3Cc4ccccc4C[C@H]3CN3CCOCC3)n3c2CCCC3)c2ccc(O)cc2)c1.Cl. The van der Waals surface area contributed by atoms with E-state index in [9.17, 15) is 14.7 Å². The molecule has 0 bridgehead atoms. The minimum Gasteiger partial charge on any atom is -0.508 e. The second-order valence-electron chi connectivity index (χ2n) is 14.0. The first kappa shape index (κ1) is 37.5. The first-order valence-electron chi connectivity index (χ1n) is 18.4. The van der Waals surface area contributed by atoms with E-state index in [1.54, 1.807) is 42.3 Å². The van der Waals surface area contributed by atoms with Crippen LogP contribution in [0.25, 0.3) is 11.3 Å². The Hall–Kier alpha value is -4.80. The first-order chi connectivity index (χ1) is 25.9. The van der Waals surface area contributed by atoms with Crippen LogP contribution in [0.2, 0.25) is 5.02 Å². The van der Waals surface area contributed by atoms with Gasteiger partial charge in [0.1, 0.15) is 11.5 Å². The third kappa shape index (κ3) is 7.46. The number of hydrogen-bond acceptors (Lipinski definition) is 6. The maximum atomic E-state index is 15.0.